The van der Waals surface area contributed by atoms with Gasteiger partial charge in [0.2, 0.25) is 0 Å². The lowest BCUT2D eigenvalue weighted by Crippen LogP contribution is -2.15. The first-order chi connectivity index (χ1) is 16.4. The van der Waals surface area contributed by atoms with Gasteiger partial charge in [-0.2, -0.15) is 0 Å². The van der Waals surface area contributed by atoms with Crippen LogP contribution in [0, 0.1) is 6.92 Å². The van der Waals surface area contributed by atoms with Crippen LogP contribution in [0.3, 0.4) is 0 Å². The van der Waals surface area contributed by atoms with E-state index in [-0.39, 0.29) is 16.8 Å². The maximum absolute atomic E-state index is 13.4. The summed E-state index contributed by atoms with van der Waals surface area (Å²) in [7, 11) is 2.47. The fourth-order valence-corrected chi connectivity index (χ4v) is 3.61. The number of carbonyl (C=O) groups excluding carboxylic acids is 3. The van der Waals surface area contributed by atoms with Gasteiger partial charge in [0.15, 0.2) is 0 Å². The third-order valence-corrected chi connectivity index (χ3v) is 5.34. The van der Waals surface area contributed by atoms with E-state index in [0.717, 1.165) is 11.1 Å². The molecule has 1 amide bonds. The maximum atomic E-state index is 13.4. The Morgan fingerprint density at radius 1 is 0.794 bits per heavy atom. The van der Waals surface area contributed by atoms with Crippen LogP contribution >= 0.6 is 0 Å². The van der Waals surface area contributed by atoms with Gasteiger partial charge in [0.25, 0.3) is 5.91 Å². The number of aryl methyl sites for hydroxylation is 1. The molecule has 34 heavy (non-hydrogen) atoms. The van der Waals surface area contributed by atoms with Gasteiger partial charge in [-0.05, 0) is 37.3 Å². The Morgan fingerprint density at radius 3 is 2.03 bits per heavy atom. The number of para-hydroxylation sites is 1. The van der Waals surface area contributed by atoms with Crippen molar-refractivity contribution in [3.8, 4) is 11.3 Å². The molecule has 0 bridgehead atoms. The Morgan fingerprint density at radius 2 is 1.41 bits per heavy atom. The predicted molar refractivity (Wildman–Crippen MR) is 129 cm³/mol. The number of amides is 1. The molecular weight excluding hydrogens is 432 g/mol. The Bertz CT molecular complexity index is 1380. The van der Waals surface area contributed by atoms with E-state index in [1.54, 1.807) is 6.07 Å². The topological polar surface area (TPSA) is 94.6 Å². The summed E-state index contributed by atoms with van der Waals surface area (Å²) >= 11 is 0. The zero-order valence-corrected chi connectivity index (χ0v) is 18.9. The average molecular weight is 454 g/mol. The normalized spacial score (nSPS) is 10.6. The largest absolute Gasteiger partial charge is 0.465 e. The molecule has 0 radical (unpaired) electrons. The van der Waals surface area contributed by atoms with E-state index in [1.165, 1.54) is 32.4 Å². The molecule has 1 heterocycles. The number of hydrogen-bond acceptors (Lipinski definition) is 6. The molecule has 0 unspecified atom stereocenters. The molecule has 4 aromatic rings. The molecule has 0 aliphatic heterocycles. The lowest BCUT2D eigenvalue weighted by atomic mass is 10.0. The first kappa shape index (κ1) is 22.7. The lowest BCUT2D eigenvalue weighted by Gasteiger charge is -2.12. The summed E-state index contributed by atoms with van der Waals surface area (Å²) in [5, 5.41) is 3.47. The van der Waals surface area contributed by atoms with Crippen LogP contribution < -0.4 is 5.32 Å². The van der Waals surface area contributed by atoms with Crippen LogP contribution in [-0.2, 0) is 9.47 Å². The quantitative estimate of drug-likeness (QED) is 0.425. The zero-order valence-electron chi connectivity index (χ0n) is 18.9. The Labute approximate surface area is 196 Å². The lowest BCUT2D eigenvalue weighted by molar-refractivity contribution is 0.0599. The molecule has 0 aliphatic carbocycles. The number of aromatic nitrogens is 1. The van der Waals surface area contributed by atoms with Crippen molar-refractivity contribution in [1.82, 2.24) is 4.98 Å². The smallest absolute Gasteiger partial charge is 0.337 e. The molecular formula is C27H22N2O5. The van der Waals surface area contributed by atoms with E-state index in [4.69, 9.17) is 14.5 Å². The van der Waals surface area contributed by atoms with Gasteiger partial charge in [0, 0.05) is 16.6 Å². The van der Waals surface area contributed by atoms with Crippen LogP contribution in [0.4, 0.5) is 5.69 Å². The average Bonchev–Trinajstić information content (AvgIpc) is 2.87. The molecule has 0 atom stereocenters. The first-order valence-corrected chi connectivity index (χ1v) is 10.5. The van der Waals surface area contributed by atoms with Crippen LogP contribution in [0.5, 0.6) is 0 Å². The van der Waals surface area contributed by atoms with Gasteiger partial charge >= 0.3 is 11.9 Å². The number of nitrogens with one attached hydrogen (secondary N) is 1. The van der Waals surface area contributed by atoms with Gasteiger partial charge in [0.05, 0.1) is 42.1 Å². The van der Waals surface area contributed by atoms with E-state index in [2.05, 4.69) is 5.32 Å². The monoisotopic (exact) mass is 454 g/mol. The van der Waals surface area contributed by atoms with Crippen molar-refractivity contribution in [2.75, 3.05) is 19.5 Å². The number of fused-ring (bicyclic) bond motifs is 1. The van der Waals surface area contributed by atoms with Crippen molar-refractivity contribution in [2.45, 2.75) is 6.92 Å². The third-order valence-electron chi connectivity index (χ3n) is 5.34. The van der Waals surface area contributed by atoms with Gasteiger partial charge in [-0.15, -0.1) is 0 Å². The molecule has 1 aromatic heterocycles. The van der Waals surface area contributed by atoms with Gasteiger partial charge in [-0.25, -0.2) is 14.6 Å². The van der Waals surface area contributed by atoms with Crippen molar-refractivity contribution in [2.24, 2.45) is 0 Å². The van der Waals surface area contributed by atoms with Crippen molar-refractivity contribution in [3.63, 3.8) is 0 Å². The Hall–Kier alpha value is -4.52. The summed E-state index contributed by atoms with van der Waals surface area (Å²) in [4.78, 5) is 42.3. The second-order valence-electron chi connectivity index (χ2n) is 7.67. The highest BCUT2D eigenvalue weighted by atomic mass is 16.5. The fraction of sp³-hybridized carbons (Fsp3) is 0.111. The highest BCUT2D eigenvalue weighted by molar-refractivity contribution is 6.13. The molecule has 7 heteroatoms. The van der Waals surface area contributed by atoms with Gasteiger partial charge < -0.3 is 14.8 Å². The van der Waals surface area contributed by atoms with Gasteiger partial charge in [-0.3, -0.25) is 4.79 Å². The molecule has 0 fully saturated rings. The van der Waals surface area contributed by atoms with Crippen molar-refractivity contribution < 1.29 is 23.9 Å². The highest BCUT2D eigenvalue weighted by Gasteiger charge is 2.18. The van der Waals surface area contributed by atoms with E-state index in [1.807, 2.05) is 55.5 Å². The summed E-state index contributed by atoms with van der Waals surface area (Å²) in [6.45, 7) is 2.00. The first-order valence-electron chi connectivity index (χ1n) is 10.5. The van der Waals surface area contributed by atoms with Crippen LogP contribution in [0.25, 0.3) is 22.2 Å². The molecule has 170 valence electrons. The standard InChI is InChI=1S/C27H22N2O5/c1-16-8-10-17(11-9-16)24-15-22(21-6-4-5-7-23(21)29-24)25(30)28-20-13-18(26(31)33-2)12-19(14-20)27(32)34-3/h4-15H,1-3H3,(H,28,30). The second kappa shape index (κ2) is 9.54. The number of rotatable bonds is 5. The zero-order chi connectivity index (χ0) is 24.2. The van der Waals surface area contributed by atoms with Crippen LogP contribution in [-0.4, -0.2) is 37.0 Å². The maximum Gasteiger partial charge on any atom is 0.337 e. The van der Waals surface area contributed by atoms with E-state index >= 15 is 0 Å². The summed E-state index contributed by atoms with van der Waals surface area (Å²) in [6.07, 6.45) is 0. The number of pyridine rings is 1. The molecule has 1 N–H and O–H groups in total. The van der Waals surface area contributed by atoms with Crippen LogP contribution in [0.15, 0.2) is 72.8 Å². The molecule has 0 saturated carbocycles. The number of anilines is 1. The summed E-state index contributed by atoms with van der Waals surface area (Å²) in [6, 6.07) is 21.2. The van der Waals surface area contributed by atoms with Gasteiger partial charge in [0.1, 0.15) is 0 Å². The number of benzene rings is 3. The van der Waals surface area contributed by atoms with Crippen molar-refractivity contribution in [1.29, 1.82) is 0 Å². The van der Waals surface area contributed by atoms with Crippen LogP contribution in [0.1, 0.15) is 36.6 Å². The number of ether oxygens (including phenoxy) is 2. The molecule has 3 aromatic carbocycles. The molecule has 4 rings (SSSR count). The van der Waals surface area contributed by atoms with Gasteiger partial charge in [-0.1, -0.05) is 48.0 Å². The minimum absolute atomic E-state index is 0.112. The Kier molecular flexibility index (Phi) is 6.36. The van der Waals surface area contributed by atoms with E-state index < -0.39 is 17.8 Å². The molecule has 7 nitrogen and oxygen atoms in total. The van der Waals surface area contributed by atoms with E-state index in [0.29, 0.717) is 22.2 Å². The number of hydrogen-bond donors (Lipinski definition) is 1. The number of esters is 2. The van der Waals surface area contributed by atoms with Crippen molar-refractivity contribution in [3.05, 3.63) is 95.1 Å². The predicted octanol–water partition coefficient (Wildman–Crippen LogP) is 5.04. The minimum Gasteiger partial charge on any atom is -0.465 e. The number of nitrogens with zero attached hydrogens (tertiary/aromatic N) is 1. The number of methoxy groups -OCH3 is 2. The molecule has 0 saturated heterocycles. The summed E-state index contributed by atoms with van der Waals surface area (Å²) in [5.41, 5.74) is 4.21. The highest BCUT2D eigenvalue weighted by Crippen LogP contribution is 2.26. The van der Waals surface area contributed by atoms with Crippen molar-refractivity contribution >= 4 is 34.4 Å². The summed E-state index contributed by atoms with van der Waals surface area (Å²) in [5.74, 6) is -1.70. The molecule has 0 spiro atoms. The van der Waals surface area contributed by atoms with Crippen LogP contribution in [0.2, 0.25) is 0 Å². The van der Waals surface area contributed by atoms with E-state index in [9.17, 15) is 14.4 Å². The number of carbonyl (C=O) groups is 3. The molecule has 0 aliphatic rings. The third kappa shape index (κ3) is 4.63. The second-order valence-corrected chi connectivity index (χ2v) is 7.67. The minimum atomic E-state index is -0.641. The SMILES string of the molecule is COC(=O)c1cc(NC(=O)c2cc(-c3ccc(C)cc3)nc3ccccc23)cc(C(=O)OC)c1. The fourth-order valence-electron chi connectivity index (χ4n) is 3.61. The Balaban J connectivity index is 1.78. The summed E-state index contributed by atoms with van der Waals surface area (Å²) < 4.78 is 9.54.